The number of tetrazole rings is 1. The first-order valence-electron chi connectivity index (χ1n) is 3.72. The smallest absolute Gasteiger partial charge is 0.179 e. The van der Waals surface area contributed by atoms with Crippen molar-refractivity contribution in [2.45, 2.75) is 0 Å². The highest BCUT2D eigenvalue weighted by Gasteiger charge is 2.05. The van der Waals surface area contributed by atoms with Crippen LogP contribution < -0.4 is 5.73 Å². The zero-order valence-corrected chi connectivity index (χ0v) is 6.71. The van der Waals surface area contributed by atoms with E-state index < -0.39 is 0 Å². The third kappa shape index (κ3) is 1.27. The van der Waals surface area contributed by atoms with Crippen LogP contribution in [0.25, 0.3) is 5.65 Å². The van der Waals surface area contributed by atoms with Crippen LogP contribution in [0.5, 0.6) is 0 Å². The lowest BCUT2D eigenvalue weighted by atomic mass is 10.2. The fourth-order valence-electron chi connectivity index (χ4n) is 1.03. The second-order valence-corrected chi connectivity index (χ2v) is 2.52. The summed E-state index contributed by atoms with van der Waals surface area (Å²) in [7, 11) is 0. The summed E-state index contributed by atoms with van der Waals surface area (Å²) in [6, 6.07) is 3.24. The van der Waals surface area contributed by atoms with Crippen molar-refractivity contribution in [3.8, 4) is 0 Å². The zero-order chi connectivity index (χ0) is 9.26. The molecule has 0 unspecified atom stereocenters. The van der Waals surface area contributed by atoms with Crippen molar-refractivity contribution in [2.75, 3.05) is 6.54 Å². The summed E-state index contributed by atoms with van der Waals surface area (Å²) in [5.41, 5.74) is 6.29. The van der Waals surface area contributed by atoms with E-state index in [1.165, 1.54) is 4.52 Å². The summed E-state index contributed by atoms with van der Waals surface area (Å²) in [4.78, 5) is 11.2. The maximum Gasteiger partial charge on any atom is 0.179 e. The Morgan fingerprint density at radius 3 is 3.23 bits per heavy atom. The van der Waals surface area contributed by atoms with Crippen LogP contribution in [0.4, 0.5) is 0 Å². The van der Waals surface area contributed by atoms with Gasteiger partial charge in [0.1, 0.15) is 0 Å². The number of hydrogen-bond donors (Lipinski definition) is 1. The monoisotopic (exact) mass is 177 g/mol. The Labute approximate surface area is 73.3 Å². The topological polar surface area (TPSA) is 86.2 Å². The molecule has 0 aliphatic carbocycles. The van der Waals surface area contributed by atoms with Crippen LogP contribution >= 0.6 is 0 Å². The number of ketones is 1. The van der Waals surface area contributed by atoms with Gasteiger partial charge in [0.15, 0.2) is 11.4 Å². The van der Waals surface area contributed by atoms with Crippen molar-refractivity contribution in [3.05, 3.63) is 23.9 Å². The fourth-order valence-corrected chi connectivity index (χ4v) is 1.03. The molecule has 0 spiro atoms. The maximum atomic E-state index is 11.2. The normalized spacial score (nSPS) is 10.5. The van der Waals surface area contributed by atoms with Crippen LogP contribution in [0.15, 0.2) is 18.3 Å². The maximum absolute atomic E-state index is 11.2. The zero-order valence-electron chi connectivity index (χ0n) is 6.71. The van der Waals surface area contributed by atoms with Gasteiger partial charge < -0.3 is 5.73 Å². The summed E-state index contributed by atoms with van der Waals surface area (Å²) in [5.74, 6) is -0.120. The van der Waals surface area contributed by atoms with Crippen LogP contribution in [-0.2, 0) is 0 Å². The highest BCUT2D eigenvalue weighted by atomic mass is 16.1. The molecule has 0 bridgehead atoms. The van der Waals surface area contributed by atoms with E-state index >= 15 is 0 Å². The van der Waals surface area contributed by atoms with Gasteiger partial charge in [0.25, 0.3) is 0 Å². The van der Waals surface area contributed by atoms with Gasteiger partial charge in [0.2, 0.25) is 0 Å². The van der Waals surface area contributed by atoms with E-state index in [1.807, 2.05) is 0 Å². The van der Waals surface area contributed by atoms with Crippen LogP contribution in [0.1, 0.15) is 10.4 Å². The predicted octanol–water partition coefficient (Wildman–Crippen LogP) is -0.734. The lowest BCUT2D eigenvalue weighted by Crippen LogP contribution is -2.13. The first-order valence-corrected chi connectivity index (χ1v) is 3.72. The molecule has 6 nitrogen and oxygen atoms in total. The molecular formula is C7H7N5O. The molecule has 2 heterocycles. The van der Waals surface area contributed by atoms with Gasteiger partial charge >= 0.3 is 0 Å². The van der Waals surface area contributed by atoms with Crippen LogP contribution in [0, 0.1) is 0 Å². The third-order valence-electron chi connectivity index (χ3n) is 1.71. The minimum absolute atomic E-state index is 0.00224. The summed E-state index contributed by atoms with van der Waals surface area (Å²) < 4.78 is 1.48. The van der Waals surface area contributed by atoms with Crippen molar-refractivity contribution in [1.29, 1.82) is 0 Å². The van der Waals surface area contributed by atoms with E-state index in [1.54, 1.807) is 18.3 Å². The Morgan fingerprint density at radius 2 is 2.46 bits per heavy atom. The SMILES string of the molecule is NCC(=O)c1ccn2nnnc2c1. The molecule has 2 N–H and O–H groups in total. The highest BCUT2D eigenvalue weighted by Crippen LogP contribution is 2.02. The number of carbonyl (C=O) groups is 1. The number of Topliss-reactive ketones (excluding diaryl/α,β-unsaturated/α-hetero) is 1. The molecule has 0 saturated carbocycles. The van der Waals surface area contributed by atoms with Gasteiger partial charge in [0, 0.05) is 11.8 Å². The molecule has 2 rings (SSSR count). The number of pyridine rings is 1. The number of nitrogens with two attached hydrogens (primary N) is 1. The summed E-state index contributed by atoms with van der Waals surface area (Å²) in [6.45, 7) is -0.00224. The molecule has 0 amide bonds. The van der Waals surface area contributed by atoms with E-state index in [0.717, 1.165) is 0 Å². The molecule has 0 saturated heterocycles. The molecule has 0 atom stereocenters. The van der Waals surface area contributed by atoms with Crippen LogP contribution in [-0.4, -0.2) is 32.4 Å². The quantitative estimate of drug-likeness (QED) is 0.611. The van der Waals surface area contributed by atoms with E-state index in [-0.39, 0.29) is 12.3 Å². The Morgan fingerprint density at radius 1 is 1.62 bits per heavy atom. The molecule has 2 aromatic heterocycles. The van der Waals surface area contributed by atoms with Crippen molar-refractivity contribution in [2.24, 2.45) is 5.73 Å². The molecule has 6 heteroatoms. The molecule has 0 radical (unpaired) electrons. The van der Waals surface area contributed by atoms with Gasteiger partial charge in [-0.25, -0.2) is 4.52 Å². The first kappa shape index (κ1) is 7.81. The first-order chi connectivity index (χ1) is 6.31. The van der Waals surface area contributed by atoms with Crippen molar-refractivity contribution >= 4 is 11.4 Å². The number of fused-ring (bicyclic) bond motifs is 1. The minimum Gasteiger partial charge on any atom is -0.324 e. The van der Waals surface area contributed by atoms with Gasteiger partial charge in [-0.2, -0.15) is 0 Å². The molecule has 0 aromatic carbocycles. The van der Waals surface area contributed by atoms with Crippen LogP contribution in [0.3, 0.4) is 0 Å². The molecular weight excluding hydrogens is 170 g/mol. The van der Waals surface area contributed by atoms with Crippen LogP contribution in [0.2, 0.25) is 0 Å². The number of rotatable bonds is 2. The Balaban J connectivity index is 2.54. The second-order valence-electron chi connectivity index (χ2n) is 2.52. The standard InChI is InChI=1S/C7H7N5O/c8-4-6(13)5-1-2-12-7(3-5)9-10-11-12/h1-3H,4,8H2. The Bertz CT molecular complexity index is 449. The Kier molecular flexibility index (Phi) is 1.75. The third-order valence-corrected chi connectivity index (χ3v) is 1.71. The Hall–Kier alpha value is -1.82. The molecule has 13 heavy (non-hydrogen) atoms. The van der Waals surface area contributed by atoms with Gasteiger partial charge in [-0.05, 0) is 22.6 Å². The number of nitrogens with zero attached hydrogens (tertiary/aromatic N) is 4. The number of carbonyl (C=O) groups excluding carboxylic acids is 1. The van der Waals surface area contributed by atoms with Crippen molar-refractivity contribution < 1.29 is 4.79 Å². The summed E-state index contributed by atoms with van der Waals surface area (Å²) in [6.07, 6.45) is 1.62. The molecule has 0 aliphatic rings. The van der Waals surface area contributed by atoms with E-state index in [0.29, 0.717) is 11.2 Å². The molecule has 0 aliphatic heterocycles. The van der Waals surface area contributed by atoms with Crippen molar-refractivity contribution in [3.63, 3.8) is 0 Å². The van der Waals surface area contributed by atoms with Crippen molar-refractivity contribution in [1.82, 2.24) is 20.0 Å². The lowest BCUT2D eigenvalue weighted by Gasteiger charge is -1.96. The lowest BCUT2D eigenvalue weighted by molar-refractivity contribution is 0.100. The average molecular weight is 177 g/mol. The predicted molar refractivity (Wildman–Crippen MR) is 44.2 cm³/mol. The average Bonchev–Trinajstić information content (AvgIpc) is 2.63. The van der Waals surface area contributed by atoms with Gasteiger partial charge in [-0.15, -0.1) is 5.10 Å². The number of aromatic nitrogens is 4. The summed E-state index contributed by atoms with van der Waals surface area (Å²) >= 11 is 0. The molecule has 66 valence electrons. The molecule has 2 aromatic rings. The van der Waals surface area contributed by atoms with E-state index in [2.05, 4.69) is 15.5 Å². The van der Waals surface area contributed by atoms with E-state index in [4.69, 9.17) is 5.73 Å². The fraction of sp³-hybridized carbons (Fsp3) is 0.143. The van der Waals surface area contributed by atoms with Gasteiger partial charge in [-0.3, -0.25) is 4.79 Å². The number of hydrogen-bond acceptors (Lipinski definition) is 5. The largest absolute Gasteiger partial charge is 0.324 e. The van der Waals surface area contributed by atoms with E-state index in [9.17, 15) is 4.79 Å². The van der Waals surface area contributed by atoms with Gasteiger partial charge in [0.05, 0.1) is 6.54 Å². The second kappa shape index (κ2) is 2.91. The highest BCUT2D eigenvalue weighted by molar-refractivity contribution is 5.98. The summed E-state index contributed by atoms with van der Waals surface area (Å²) in [5, 5.41) is 10.8. The van der Waals surface area contributed by atoms with Gasteiger partial charge in [-0.1, -0.05) is 0 Å². The minimum atomic E-state index is -0.120. The molecule has 0 fully saturated rings.